The Kier molecular flexibility index (Phi) is 5.81. The molecule has 1 aromatic rings. The van der Waals surface area contributed by atoms with Gasteiger partial charge in [0.1, 0.15) is 17.0 Å². The van der Waals surface area contributed by atoms with Crippen LogP contribution in [-0.2, 0) is 4.79 Å². The van der Waals surface area contributed by atoms with E-state index >= 15 is 0 Å². The second kappa shape index (κ2) is 7.40. The van der Waals surface area contributed by atoms with Crippen LogP contribution in [-0.4, -0.2) is 39.0 Å². The average Bonchev–Trinajstić information content (AvgIpc) is 2.40. The molecule has 0 radical (unpaired) electrons. The maximum absolute atomic E-state index is 12.2. The zero-order chi connectivity index (χ0) is 15.3. The van der Waals surface area contributed by atoms with E-state index < -0.39 is 0 Å². The van der Waals surface area contributed by atoms with Crippen molar-refractivity contribution in [2.24, 2.45) is 0 Å². The fourth-order valence-corrected chi connectivity index (χ4v) is 4.64. The number of thioether (sulfide) groups is 2. The van der Waals surface area contributed by atoms with Crippen molar-refractivity contribution in [3.8, 4) is 5.75 Å². The molecule has 1 aliphatic rings. The van der Waals surface area contributed by atoms with Crippen LogP contribution in [0.15, 0.2) is 18.5 Å². The van der Waals surface area contributed by atoms with E-state index in [1.807, 2.05) is 44.3 Å². The van der Waals surface area contributed by atoms with Gasteiger partial charge in [0, 0.05) is 41.2 Å². The molecule has 1 aromatic heterocycles. The van der Waals surface area contributed by atoms with Crippen LogP contribution < -0.4 is 10.1 Å². The monoisotopic (exact) mass is 326 g/mol. The van der Waals surface area contributed by atoms with Gasteiger partial charge in [-0.15, -0.1) is 0 Å². The van der Waals surface area contributed by atoms with Crippen molar-refractivity contribution in [3.63, 3.8) is 0 Å². The van der Waals surface area contributed by atoms with Gasteiger partial charge in [0.25, 0.3) is 0 Å². The van der Waals surface area contributed by atoms with Crippen molar-refractivity contribution < 1.29 is 9.53 Å². The van der Waals surface area contributed by atoms with E-state index in [1.165, 1.54) is 5.75 Å². The minimum absolute atomic E-state index is 0.0294. The van der Waals surface area contributed by atoms with E-state index in [1.54, 1.807) is 18.5 Å². The number of amides is 1. The molecular weight excluding hydrogens is 304 g/mol. The summed E-state index contributed by atoms with van der Waals surface area (Å²) < 4.78 is 5.86. The Bertz CT molecular complexity index is 483. The summed E-state index contributed by atoms with van der Waals surface area (Å²) in [4.78, 5) is 16.3. The van der Waals surface area contributed by atoms with Gasteiger partial charge >= 0.3 is 0 Å². The molecule has 0 saturated carbocycles. The number of rotatable bonds is 4. The van der Waals surface area contributed by atoms with Crippen molar-refractivity contribution in [2.75, 3.05) is 22.6 Å². The third-order valence-corrected chi connectivity index (χ3v) is 5.61. The topological polar surface area (TPSA) is 51.2 Å². The molecule has 1 N–H and O–H groups in total. The maximum atomic E-state index is 12.2. The summed E-state index contributed by atoms with van der Waals surface area (Å²) in [6, 6.07) is 1.78. The first-order valence-corrected chi connectivity index (χ1v) is 9.26. The highest BCUT2D eigenvalue weighted by Gasteiger charge is 2.20. The maximum Gasteiger partial charge on any atom is 0.225 e. The number of carbonyl (C=O) groups excluding carboxylic acids is 1. The number of aromatic nitrogens is 1. The zero-order valence-corrected chi connectivity index (χ0v) is 14.4. The van der Waals surface area contributed by atoms with Crippen LogP contribution in [0.5, 0.6) is 5.75 Å². The predicted octanol–water partition coefficient (Wildman–Crippen LogP) is 3.44. The Labute approximate surface area is 134 Å². The number of hydrogen-bond acceptors (Lipinski definition) is 5. The second-order valence-corrected chi connectivity index (χ2v) is 8.46. The Morgan fingerprint density at radius 3 is 2.95 bits per heavy atom. The molecule has 21 heavy (non-hydrogen) atoms. The molecule has 0 bridgehead atoms. The van der Waals surface area contributed by atoms with E-state index in [4.69, 9.17) is 4.74 Å². The second-order valence-electron chi connectivity index (χ2n) is 5.91. The molecule has 4 nitrogen and oxygen atoms in total. The third-order valence-electron chi connectivity index (χ3n) is 2.77. The standard InChI is InChI=1S/C15H22N2O2S2/c1-15(2,3)19-13-4-5-16-9-12(13)17-14(18)8-11-10-20-6-7-21-11/h4-5,9,11H,6-8,10H2,1-3H3,(H,17,18)/t11-/m0/s1. The van der Waals surface area contributed by atoms with Gasteiger partial charge in [-0.2, -0.15) is 23.5 Å². The normalized spacial score (nSPS) is 19.1. The van der Waals surface area contributed by atoms with Gasteiger partial charge in [-0.1, -0.05) is 0 Å². The number of anilines is 1. The SMILES string of the molecule is CC(C)(C)Oc1ccncc1NC(=O)C[C@H]1CSCCS1. The first-order valence-electron chi connectivity index (χ1n) is 7.06. The lowest BCUT2D eigenvalue weighted by Crippen LogP contribution is -2.25. The van der Waals surface area contributed by atoms with E-state index in [-0.39, 0.29) is 11.5 Å². The number of nitrogens with zero attached hydrogens (tertiary/aromatic N) is 1. The molecule has 6 heteroatoms. The fourth-order valence-electron chi connectivity index (χ4n) is 1.96. The van der Waals surface area contributed by atoms with E-state index in [0.29, 0.717) is 23.1 Å². The van der Waals surface area contributed by atoms with Crippen molar-refractivity contribution in [2.45, 2.75) is 38.0 Å². The smallest absolute Gasteiger partial charge is 0.225 e. The molecule has 0 spiro atoms. The van der Waals surface area contributed by atoms with Gasteiger partial charge in [0.15, 0.2) is 0 Å². The quantitative estimate of drug-likeness (QED) is 0.918. The van der Waals surface area contributed by atoms with Crippen LogP contribution in [0.25, 0.3) is 0 Å². The number of nitrogens with one attached hydrogen (secondary N) is 1. The molecule has 1 amide bonds. The van der Waals surface area contributed by atoms with E-state index in [0.717, 1.165) is 11.5 Å². The highest BCUT2D eigenvalue weighted by atomic mass is 32.2. The largest absolute Gasteiger partial charge is 0.486 e. The number of hydrogen-bond donors (Lipinski definition) is 1. The summed E-state index contributed by atoms with van der Waals surface area (Å²) in [7, 11) is 0. The van der Waals surface area contributed by atoms with Crippen molar-refractivity contribution in [1.82, 2.24) is 4.98 Å². The first-order chi connectivity index (χ1) is 9.94. The summed E-state index contributed by atoms with van der Waals surface area (Å²) in [5.74, 6) is 4.07. The van der Waals surface area contributed by atoms with Crippen molar-refractivity contribution in [1.29, 1.82) is 0 Å². The highest BCUT2D eigenvalue weighted by Crippen LogP contribution is 2.29. The van der Waals surface area contributed by atoms with E-state index in [2.05, 4.69) is 10.3 Å². The van der Waals surface area contributed by atoms with E-state index in [9.17, 15) is 4.79 Å². The first kappa shape index (κ1) is 16.5. The van der Waals surface area contributed by atoms with Crippen molar-refractivity contribution >= 4 is 35.1 Å². The Morgan fingerprint density at radius 1 is 1.48 bits per heavy atom. The molecule has 1 saturated heterocycles. The van der Waals surface area contributed by atoms with Crippen molar-refractivity contribution in [3.05, 3.63) is 18.5 Å². The minimum atomic E-state index is -0.309. The van der Waals surface area contributed by atoms with Crippen LogP contribution in [0.4, 0.5) is 5.69 Å². The van der Waals surface area contributed by atoms with Gasteiger partial charge in [-0.05, 0) is 20.8 Å². The lowest BCUT2D eigenvalue weighted by atomic mass is 10.2. The van der Waals surface area contributed by atoms with Crippen LogP contribution in [0, 0.1) is 0 Å². The lowest BCUT2D eigenvalue weighted by molar-refractivity contribution is -0.116. The lowest BCUT2D eigenvalue weighted by Gasteiger charge is -2.24. The molecule has 1 atom stereocenters. The van der Waals surface area contributed by atoms with Gasteiger partial charge in [-0.25, -0.2) is 0 Å². The summed E-state index contributed by atoms with van der Waals surface area (Å²) in [5, 5.41) is 3.34. The molecule has 0 aromatic carbocycles. The summed E-state index contributed by atoms with van der Waals surface area (Å²) >= 11 is 3.81. The zero-order valence-electron chi connectivity index (χ0n) is 12.7. The average molecular weight is 326 g/mol. The summed E-state index contributed by atoms with van der Waals surface area (Å²) in [6.45, 7) is 5.94. The Balaban J connectivity index is 1.96. The number of ether oxygens (including phenoxy) is 1. The highest BCUT2D eigenvalue weighted by molar-refractivity contribution is 8.06. The molecule has 0 aliphatic carbocycles. The van der Waals surface area contributed by atoms with Gasteiger partial charge in [0.05, 0.1) is 6.20 Å². The summed E-state index contributed by atoms with van der Waals surface area (Å²) in [6.07, 6.45) is 3.85. The molecule has 2 heterocycles. The minimum Gasteiger partial charge on any atom is -0.486 e. The number of carbonyl (C=O) groups is 1. The van der Waals surface area contributed by atoms with Gasteiger partial charge < -0.3 is 10.1 Å². The van der Waals surface area contributed by atoms with Gasteiger partial charge in [0.2, 0.25) is 5.91 Å². The van der Waals surface area contributed by atoms with Gasteiger partial charge in [-0.3, -0.25) is 9.78 Å². The Morgan fingerprint density at radius 2 is 2.29 bits per heavy atom. The van der Waals surface area contributed by atoms with Crippen LogP contribution in [0.1, 0.15) is 27.2 Å². The fraction of sp³-hybridized carbons (Fsp3) is 0.600. The van der Waals surface area contributed by atoms with Crippen LogP contribution in [0.2, 0.25) is 0 Å². The molecule has 116 valence electrons. The van der Waals surface area contributed by atoms with Crippen LogP contribution in [0.3, 0.4) is 0 Å². The molecule has 0 unspecified atom stereocenters. The third kappa shape index (κ3) is 5.79. The predicted molar refractivity (Wildman–Crippen MR) is 91.4 cm³/mol. The molecule has 2 rings (SSSR count). The molecule has 1 fully saturated rings. The molecule has 1 aliphatic heterocycles. The Hall–Kier alpha value is -0.880. The number of pyridine rings is 1. The van der Waals surface area contributed by atoms with Crippen LogP contribution >= 0.6 is 23.5 Å². The summed E-state index contributed by atoms with van der Waals surface area (Å²) in [5.41, 5.74) is 0.336. The molecular formula is C15H22N2O2S2.